The van der Waals surface area contributed by atoms with Gasteiger partial charge in [-0.3, -0.25) is 9.59 Å². The van der Waals surface area contributed by atoms with E-state index in [-0.39, 0.29) is 18.4 Å². The van der Waals surface area contributed by atoms with Crippen LogP contribution in [0, 0.1) is 0 Å². The van der Waals surface area contributed by atoms with Crippen molar-refractivity contribution in [1.82, 2.24) is 10.6 Å². The van der Waals surface area contributed by atoms with Crippen LogP contribution in [0.1, 0.15) is 31.4 Å². The summed E-state index contributed by atoms with van der Waals surface area (Å²) >= 11 is 0. The highest BCUT2D eigenvalue weighted by atomic mass is 16.5. The number of nitrogens with one attached hydrogen (secondary N) is 3. The number of benzene rings is 2. The molecule has 0 heterocycles. The van der Waals surface area contributed by atoms with Gasteiger partial charge in [0.05, 0.1) is 6.42 Å². The van der Waals surface area contributed by atoms with Gasteiger partial charge in [-0.25, -0.2) is 0 Å². The van der Waals surface area contributed by atoms with E-state index in [1.807, 2.05) is 56.3 Å². The SMILES string of the molecule is CCC(=O)Nc1ccc(OCC(O)CNCCNC(=O)Cc2ccccc2)c(CC)c1. The summed E-state index contributed by atoms with van der Waals surface area (Å²) in [5.74, 6) is 0.639. The number of carbonyl (C=O) groups is 2. The Morgan fingerprint density at radius 2 is 1.81 bits per heavy atom. The largest absolute Gasteiger partial charge is 0.491 e. The molecule has 7 heteroatoms. The number of anilines is 1. The van der Waals surface area contributed by atoms with Gasteiger partial charge in [-0.1, -0.05) is 44.2 Å². The molecule has 1 atom stereocenters. The average Bonchev–Trinajstić information content (AvgIpc) is 2.78. The summed E-state index contributed by atoms with van der Waals surface area (Å²) in [6, 6.07) is 15.1. The predicted molar refractivity (Wildman–Crippen MR) is 122 cm³/mol. The van der Waals surface area contributed by atoms with E-state index in [2.05, 4.69) is 16.0 Å². The molecule has 2 aromatic carbocycles. The van der Waals surface area contributed by atoms with Crippen LogP contribution >= 0.6 is 0 Å². The highest BCUT2D eigenvalue weighted by molar-refractivity contribution is 5.90. The summed E-state index contributed by atoms with van der Waals surface area (Å²) in [5.41, 5.74) is 2.69. The van der Waals surface area contributed by atoms with Gasteiger partial charge in [-0.2, -0.15) is 0 Å². The Hall–Kier alpha value is -2.90. The smallest absolute Gasteiger partial charge is 0.224 e. The van der Waals surface area contributed by atoms with Crippen molar-refractivity contribution in [3.8, 4) is 5.75 Å². The maximum Gasteiger partial charge on any atom is 0.224 e. The van der Waals surface area contributed by atoms with Crippen LogP contribution in [0.4, 0.5) is 5.69 Å². The molecule has 0 radical (unpaired) electrons. The lowest BCUT2D eigenvalue weighted by Gasteiger charge is -2.16. The quantitative estimate of drug-likeness (QED) is 0.368. The molecule has 2 aromatic rings. The Balaban J connectivity index is 1.64. The van der Waals surface area contributed by atoms with Gasteiger partial charge in [0.15, 0.2) is 0 Å². The molecule has 0 aromatic heterocycles. The number of aliphatic hydroxyl groups is 1. The summed E-state index contributed by atoms with van der Waals surface area (Å²) < 4.78 is 5.77. The second-order valence-electron chi connectivity index (χ2n) is 7.26. The van der Waals surface area contributed by atoms with E-state index >= 15 is 0 Å². The van der Waals surface area contributed by atoms with Crippen LogP contribution in [0.25, 0.3) is 0 Å². The molecule has 168 valence electrons. The fraction of sp³-hybridized carbons (Fsp3) is 0.417. The molecule has 2 rings (SSSR count). The first-order valence-electron chi connectivity index (χ1n) is 10.8. The van der Waals surface area contributed by atoms with Crippen molar-refractivity contribution in [1.29, 1.82) is 0 Å². The third kappa shape index (κ3) is 9.19. The molecule has 0 fully saturated rings. The van der Waals surface area contributed by atoms with E-state index < -0.39 is 6.10 Å². The fourth-order valence-electron chi connectivity index (χ4n) is 2.97. The molecule has 0 bridgehead atoms. The molecular weight excluding hydrogens is 394 g/mol. The molecule has 0 aliphatic carbocycles. The molecule has 7 nitrogen and oxygen atoms in total. The molecule has 0 saturated heterocycles. The molecule has 0 aliphatic rings. The number of hydrogen-bond donors (Lipinski definition) is 4. The Labute approximate surface area is 184 Å². The Morgan fingerprint density at radius 1 is 1.03 bits per heavy atom. The zero-order valence-electron chi connectivity index (χ0n) is 18.3. The van der Waals surface area contributed by atoms with Gasteiger partial charge < -0.3 is 25.8 Å². The first-order chi connectivity index (χ1) is 15.0. The van der Waals surface area contributed by atoms with Crippen molar-refractivity contribution in [3.63, 3.8) is 0 Å². The first-order valence-corrected chi connectivity index (χ1v) is 10.8. The number of hydrogen-bond acceptors (Lipinski definition) is 5. The Kier molecular flexibility index (Phi) is 10.5. The summed E-state index contributed by atoms with van der Waals surface area (Å²) in [4.78, 5) is 23.4. The van der Waals surface area contributed by atoms with Gasteiger partial charge in [0, 0.05) is 31.7 Å². The van der Waals surface area contributed by atoms with Crippen LogP contribution in [0.2, 0.25) is 0 Å². The lowest BCUT2D eigenvalue weighted by Crippen LogP contribution is -2.37. The van der Waals surface area contributed by atoms with Gasteiger partial charge in [0.2, 0.25) is 11.8 Å². The minimum Gasteiger partial charge on any atom is -0.491 e. The van der Waals surface area contributed by atoms with Crippen LogP contribution < -0.4 is 20.7 Å². The molecule has 0 saturated carbocycles. The third-order valence-corrected chi connectivity index (χ3v) is 4.69. The van der Waals surface area contributed by atoms with Crippen molar-refractivity contribution in [2.24, 2.45) is 0 Å². The molecule has 4 N–H and O–H groups in total. The minimum absolute atomic E-state index is 0.0254. The third-order valence-electron chi connectivity index (χ3n) is 4.69. The number of amides is 2. The Morgan fingerprint density at radius 3 is 2.52 bits per heavy atom. The van der Waals surface area contributed by atoms with Crippen LogP contribution in [-0.4, -0.2) is 49.3 Å². The topological polar surface area (TPSA) is 99.7 Å². The van der Waals surface area contributed by atoms with E-state index in [1.54, 1.807) is 6.07 Å². The highest BCUT2D eigenvalue weighted by Gasteiger charge is 2.09. The number of ether oxygens (including phenoxy) is 1. The van der Waals surface area contributed by atoms with E-state index in [4.69, 9.17) is 4.74 Å². The Bertz CT molecular complexity index is 827. The van der Waals surface area contributed by atoms with Gasteiger partial charge in [0.1, 0.15) is 18.5 Å². The molecule has 31 heavy (non-hydrogen) atoms. The van der Waals surface area contributed by atoms with Gasteiger partial charge in [-0.15, -0.1) is 0 Å². The van der Waals surface area contributed by atoms with E-state index in [0.717, 1.165) is 23.2 Å². The highest BCUT2D eigenvalue weighted by Crippen LogP contribution is 2.23. The van der Waals surface area contributed by atoms with Crippen molar-refractivity contribution >= 4 is 17.5 Å². The number of rotatable bonds is 13. The summed E-state index contributed by atoms with van der Waals surface area (Å²) in [5, 5.41) is 19.0. The normalized spacial score (nSPS) is 11.6. The summed E-state index contributed by atoms with van der Waals surface area (Å²) in [7, 11) is 0. The van der Waals surface area contributed by atoms with Crippen LogP contribution in [0.3, 0.4) is 0 Å². The van der Waals surface area contributed by atoms with Gasteiger partial charge in [0.25, 0.3) is 0 Å². The second kappa shape index (κ2) is 13.4. The summed E-state index contributed by atoms with van der Waals surface area (Å²) in [6.07, 6.45) is 0.861. The molecule has 0 aliphatic heterocycles. The minimum atomic E-state index is -0.677. The first kappa shape index (κ1) is 24.4. The van der Waals surface area contributed by atoms with Gasteiger partial charge in [-0.05, 0) is 35.7 Å². The van der Waals surface area contributed by atoms with Crippen molar-refractivity contribution in [2.45, 2.75) is 39.2 Å². The maximum atomic E-state index is 11.9. The van der Waals surface area contributed by atoms with E-state index in [0.29, 0.717) is 38.2 Å². The molecule has 2 amide bonds. The maximum absolute atomic E-state index is 11.9. The predicted octanol–water partition coefficient (Wildman–Crippen LogP) is 2.29. The van der Waals surface area contributed by atoms with Crippen LogP contribution in [0.15, 0.2) is 48.5 Å². The van der Waals surface area contributed by atoms with Crippen LogP contribution in [0.5, 0.6) is 5.75 Å². The zero-order chi connectivity index (χ0) is 22.5. The second-order valence-corrected chi connectivity index (χ2v) is 7.26. The van der Waals surface area contributed by atoms with Crippen molar-refractivity contribution in [2.75, 3.05) is 31.6 Å². The van der Waals surface area contributed by atoms with Gasteiger partial charge >= 0.3 is 0 Å². The number of aliphatic hydroxyl groups excluding tert-OH is 1. The number of aryl methyl sites for hydroxylation is 1. The standard InChI is InChI=1S/C24H33N3O4/c1-3-19-15-20(27-23(29)4-2)10-11-22(19)31-17-21(28)16-25-12-13-26-24(30)14-18-8-6-5-7-9-18/h5-11,15,21,25,28H,3-4,12-14,16-17H2,1-2H3,(H,26,30)(H,27,29). The van der Waals surface area contributed by atoms with E-state index in [9.17, 15) is 14.7 Å². The summed E-state index contributed by atoms with van der Waals surface area (Å²) in [6.45, 7) is 5.38. The fourth-order valence-corrected chi connectivity index (χ4v) is 2.97. The monoisotopic (exact) mass is 427 g/mol. The molecule has 0 spiro atoms. The van der Waals surface area contributed by atoms with Crippen LogP contribution in [-0.2, 0) is 22.4 Å². The van der Waals surface area contributed by atoms with E-state index in [1.165, 1.54) is 0 Å². The average molecular weight is 428 g/mol. The molecular formula is C24H33N3O4. The zero-order valence-corrected chi connectivity index (χ0v) is 18.3. The lowest BCUT2D eigenvalue weighted by atomic mass is 10.1. The molecule has 1 unspecified atom stereocenters. The lowest BCUT2D eigenvalue weighted by molar-refractivity contribution is -0.120. The van der Waals surface area contributed by atoms with Crippen molar-refractivity contribution < 1.29 is 19.4 Å². The van der Waals surface area contributed by atoms with Crippen molar-refractivity contribution in [3.05, 3.63) is 59.7 Å². The number of carbonyl (C=O) groups excluding carboxylic acids is 2.